The Bertz CT molecular complexity index is 906. The first-order valence-corrected chi connectivity index (χ1v) is 9.46. The lowest BCUT2D eigenvalue weighted by Crippen LogP contribution is -2.35. The van der Waals surface area contributed by atoms with Gasteiger partial charge in [0.2, 0.25) is 0 Å². The molecule has 7 nitrogen and oxygen atoms in total. The lowest BCUT2D eigenvalue weighted by Gasteiger charge is -2.25. The van der Waals surface area contributed by atoms with Crippen LogP contribution in [-0.4, -0.2) is 63.7 Å². The number of nitrogens with zero attached hydrogens (tertiary/aromatic N) is 4. The van der Waals surface area contributed by atoms with Crippen LogP contribution >= 0.6 is 11.3 Å². The van der Waals surface area contributed by atoms with Gasteiger partial charge in [-0.1, -0.05) is 6.07 Å². The van der Waals surface area contributed by atoms with E-state index in [4.69, 9.17) is 0 Å². The maximum Gasteiger partial charge on any atom is 0.295 e. The van der Waals surface area contributed by atoms with Gasteiger partial charge in [-0.2, -0.15) is 0 Å². The largest absolute Gasteiger partial charge is 0.507 e. The molecule has 2 aromatic rings. The Labute approximate surface area is 162 Å². The summed E-state index contributed by atoms with van der Waals surface area (Å²) in [5.41, 5.74) is 1.02. The number of thiophene rings is 1. The number of ketones is 1. The topological polar surface area (TPSA) is 86.6 Å². The molecule has 27 heavy (non-hydrogen) atoms. The summed E-state index contributed by atoms with van der Waals surface area (Å²) in [5, 5.41) is 12.8. The maximum absolute atomic E-state index is 12.8. The molecule has 3 rings (SSSR count). The van der Waals surface area contributed by atoms with E-state index in [1.54, 1.807) is 13.8 Å². The van der Waals surface area contributed by atoms with Crippen molar-refractivity contribution in [1.29, 1.82) is 0 Å². The molecule has 1 aliphatic rings. The molecule has 1 atom stereocenters. The number of hydrogen-bond donors (Lipinski definition) is 1. The molecule has 1 amide bonds. The van der Waals surface area contributed by atoms with Gasteiger partial charge in [0.1, 0.15) is 11.6 Å². The van der Waals surface area contributed by atoms with Gasteiger partial charge in [-0.15, -0.1) is 11.3 Å². The summed E-state index contributed by atoms with van der Waals surface area (Å²) in [6.07, 6.45) is 1.49. The highest BCUT2D eigenvalue weighted by atomic mass is 32.1. The summed E-state index contributed by atoms with van der Waals surface area (Å²) in [7, 11) is 3.81. The standard InChI is InChI=1S/C19H22N4O3S/c1-11-13(10-20-12(2)21-11)17(24)15-16(14-6-5-9-27-14)23(8-7-22(3)4)19(26)18(15)25/h5-6,9-10,16,24H,7-8H2,1-4H3. The van der Waals surface area contributed by atoms with Crippen LogP contribution < -0.4 is 0 Å². The quantitative estimate of drug-likeness (QED) is 0.481. The van der Waals surface area contributed by atoms with Crippen molar-refractivity contribution in [2.24, 2.45) is 0 Å². The fraction of sp³-hybridized carbons (Fsp3) is 0.368. The molecule has 0 aromatic carbocycles. The minimum absolute atomic E-state index is 0.0942. The zero-order chi connectivity index (χ0) is 19.7. The first kappa shape index (κ1) is 19.2. The van der Waals surface area contributed by atoms with Gasteiger partial charge in [0.25, 0.3) is 11.7 Å². The summed E-state index contributed by atoms with van der Waals surface area (Å²) < 4.78 is 0. The molecule has 1 unspecified atom stereocenters. The number of hydrogen-bond acceptors (Lipinski definition) is 7. The van der Waals surface area contributed by atoms with E-state index in [0.717, 1.165) is 4.88 Å². The van der Waals surface area contributed by atoms with E-state index in [1.807, 2.05) is 36.5 Å². The molecule has 0 bridgehead atoms. The second-order valence-electron chi connectivity index (χ2n) is 6.73. The Morgan fingerprint density at radius 3 is 2.67 bits per heavy atom. The molecule has 2 aromatic heterocycles. The van der Waals surface area contributed by atoms with E-state index in [1.165, 1.54) is 22.4 Å². The van der Waals surface area contributed by atoms with Crippen molar-refractivity contribution in [3.63, 3.8) is 0 Å². The number of aromatic nitrogens is 2. The lowest BCUT2D eigenvalue weighted by molar-refractivity contribution is -0.140. The summed E-state index contributed by atoms with van der Waals surface area (Å²) in [6.45, 7) is 4.50. The molecule has 0 radical (unpaired) electrons. The Balaban J connectivity index is 2.13. The number of likely N-dealkylation sites (N-methyl/N-ethyl adjacent to an activating group) is 1. The first-order valence-electron chi connectivity index (χ1n) is 8.58. The number of rotatable bonds is 5. The number of aryl methyl sites for hydroxylation is 2. The van der Waals surface area contributed by atoms with Crippen LogP contribution in [0.25, 0.3) is 5.76 Å². The third-order valence-electron chi connectivity index (χ3n) is 4.50. The lowest BCUT2D eigenvalue weighted by atomic mass is 10.00. The third-order valence-corrected chi connectivity index (χ3v) is 5.42. The molecule has 1 N–H and O–H groups in total. The van der Waals surface area contributed by atoms with Gasteiger partial charge in [0.15, 0.2) is 0 Å². The van der Waals surface area contributed by atoms with E-state index < -0.39 is 17.7 Å². The predicted molar refractivity (Wildman–Crippen MR) is 103 cm³/mol. The fourth-order valence-corrected chi connectivity index (χ4v) is 3.97. The predicted octanol–water partition coefficient (Wildman–Crippen LogP) is 2.14. The molecule has 1 aliphatic heterocycles. The number of carbonyl (C=O) groups is 2. The van der Waals surface area contributed by atoms with Gasteiger partial charge in [-0.3, -0.25) is 9.59 Å². The van der Waals surface area contributed by atoms with Crippen LogP contribution in [0.4, 0.5) is 0 Å². The molecule has 1 saturated heterocycles. The Morgan fingerprint density at radius 1 is 1.33 bits per heavy atom. The van der Waals surface area contributed by atoms with Gasteiger partial charge in [-0.05, 0) is 39.4 Å². The highest BCUT2D eigenvalue weighted by Gasteiger charge is 2.46. The summed E-state index contributed by atoms with van der Waals surface area (Å²) >= 11 is 1.45. The van der Waals surface area contributed by atoms with Crippen LogP contribution in [0.15, 0.2) is 29.3 Å². The van der Waals surface area contributed by atoms with E-state index >= 15 is 0 Å². The highest BCUT2D eigenvalue weighted by Crippen LogP contribution is 2.41. The molecule has 1 fully saturated rings. The van der Waals surface area contributed by atoms with Crippen molar-refractivity contribution in [2.45, 2.75) is 19.9 Å². The smallest absolute Gasteiger partial charge is 0.295 e. The summed E-state index contributed by atoms with van der Waals surface area (Å²) in [4.78, 5) is 38.2. The monoisotopic (exact) mass is 386 g/mol. The summed E-state index contributed by atoms with van der Waals surface area (Å²) in [6, 6.07) is 3.13. The van der Waals surface area contributed by atoms with Gasteiger partial charge in [-0.25, -0.2) is 9.97 Å². The van der Waals surface area contributed by atoms with Crippen molar-refractivity contribution in [2.75, 3.05) is 27.2 Å². The minimum Gasteiger partial charge on any atom is -0.507 e. The van der Waals surface area contributed by atoms with Crippen LogP contribution in [0, 0.1) is 13.8 Å². The molecule has 0 saturated carbocycles. The van der Waals surface area contributed by atoms with E-state index in [-0.39, 0.29) is 11.3 Å². The molecule has 0 spiro atoms. The van der Waals surface area contributed by atoms with Crippen LogP contribution in [0.2, 0.25) is 0 Å². The van der Waals surface area contributed by atoms with Crippen molar-refractivity contribution in [3.05, 3.63) is 51.2 Å². The number of aliphatic hydroxyl groups excluding tert-OH is 1. The van der Waals surface area contributed by atoms with Crippen molar-refractivity contribution < 1.29 is 14.7 Å². The average Bonchev–Trinajstić information content (AvgIpc) is 3.20. The zero-order valence-electron chi connectivity index (χ0n) is 15.8. The molecule has 142 valence electrons. The molecular formula is C19H22N4O3S. The number of aliphatic hydroxyl groups is 1. The Morgan fingerprint density at radius 2 is 2.07 bits per heavy atom. The van der Waals surface area contributed by atoms with E-state index in [2.05, 4.69) is 9.97 Å². The third kappa shape index (κ3) is 3.63. The van der Waals surface area contributed by atoms with Gasteiger partial charge in [0.05, 0.1) is 22.9 Å². The molecule has 0 aliphatic carbocycles. The van der Waals surface area contributed by atoms with Crippen molar-refractivity contribution in [1.82, 2.24) is 19.8 Å². The van der Waals surface area contributed by atoms with Crippen molar-refractivity contribution >= 4 is 28.8 Å². The van der Waals surface area contributed by atoms with Gasteiger partial charge < -0.3 is 14.9 Å². The van der Waals surface area contributed by atoms with E-state index in [9.17, 15) is 14.7 Å². The minimum atomic E-state index is -0.676. The first-order chi connectivity index (χ1) is 12.8. The number of carbonyl (C=O) groups excluding carboxylic acids is 2. The molecule has 8 heteroatoms. The van der Waals surface area contributed by atoms with Crippen molar-refractivity contribution in [3.8, 4) is 0 Å². The number of amides is 1. The zero-order valence-corrected chi connectivity index (χ0v) is 16.6. The second-order valence-corrected chi connectivity index (χ2v) is 7.71. The van der Waals surface area contributed by atoms with Crippen LogP contribution in [-0.2, 0) is 9.59 Å². The van der Waals surface area contributed by atoms with Gasteiger partial charge in [0, 0.05) is 24.2 Å². The fourth-order valence-electron chi connectivity index (χ4n) is 3.12. The molecule has 3 heterocycles. The van der Waals surface area contributed by atoms with Crippen LogP contribution in [0.3, 0.4) is 0 Å². The highest BCUT2D eigenvalue weighted by molar-refractivity contribution is 7.10. The number of Topliss-reactive ketones (excluding diaryl/α,β-unsaturated/α-hetero) is 1. The average molecular weight is 386 g/mol. The Hall–Kier alpha value is -2.58. The normalized spacial score (nSPS) is 19.3. The van der Waals surface area contributed by atoms with E-state index in [0.29, 0.717) is 30.2 Å². The molecular weight excluding hydrogens is 364 g/mol. The van der Waals surface area contributed by atoms with Crippen LogP contribution in [0.1, 0.15) is 28.0 Å². The Kier molecular flexibility index (Phi) is 5.38. The van der Waals surface area contributed by atoms with Gasteiger partial charge >= 0.3 is 0 Å². The SMILES string of the molecule is Cc1ncc(C(O)=C2C(=O)C(=O)N(CCN(C)C)C2c2cccs2)c(C)n1. The second kappa shape index (κ2) is 7.58. The summed E-state index contributed by atoms with van der Waals surface area (Å²) in [5.74, 6) is -0.922. The van der Waals surface area contributed by atoms with Crippen LogP contribution in [0.5, 0.6) is 0 Å². The maximum atomic E-state index is 12.8. The number of likely N-dealkylation sites (tertiary alicyclic amines) is 1.